The lowest BCUT2D eigenvalue weighted by atomic mass is 10.2. The summed E-state index contributed by atoms with van der Waals surface area (Å²) in [6.07, 6.45) is 4.55. The lowest BCUT2D eigenvalue weighted by Crippen LogP contribution is -2.17. The number of hydrogen-bond donors (Lipinski definition) is 1. The van der Waals surface area contributed by atoms with Crippen molar-refractivity contribution in [2.75, 3.05) is 73.1 Å². The van der Waals surface area contributed by atoms with E-state index in [4.69, 9.17) is 23.7 Å². The van der Waals surface area contributed by atoms with Crippen LogP contribution in [0.1, 0.15) is 39.0 Å². The van der Waals surface area contributed by atoms with Crippen molar-refractivity contribution in [3.8, 4) is 0 Å². The smallest absolute Gasteiger partial charge is 0.219 e. The molecule has 0 bridgehead atoms. The first kappa shape index (κ1) is 24.3. The topological polar surface area (TPSA) is 75.2 Å². The maximum atomic E-state index is 11.0. The first-order chi connectivity index (χ1) is 12.3. The predicted molar refractivity (Wildman–Crippen MR) is 96.9 cm³/mol. The second kappa shape index (κ2) is 21.3. The zero-order valence-corrected chi connectivity index (χ0v) is 16.1. The molecule has 0 atom stereocenters. The summed E-state index contributed by atoms with van der Waals surface area (Å²) in [4.78, 5) is 11.0. The first-order valence-corrected chi connectivity index (χ1v) is 9.40. The minimum atomic E-state index is 0.0778. The van der Waals surface area contributed by atoms with E-state index >= 15 is 0 Å². The normalized spacial score (nSPS) is 11.0. The van der Waals surface area contributed by atoms with Gasteiger partial charge in [-0.15, -0.1) is 0 Å². The molecule has 0 heterocycles. The van der Waals surface area contributed by atoms with E-state index in [1.807, 2.05) is 0 Å². The van der Waals surface area contributed by atoms with Gasteiger partial charge in [0.1, 0.15) is 0 Å². The van der Waals surface area contributed by atoms with Crippen LogP contribution in [0, 0.1) is 0 Å². The van der Waals surface area contributed by atoms with Crippen molar-refractivity contribution >= 4 is 5.91 Å². The van der Waals surface area contributed by atoms with Crippen molar-refractivity contribution in [1.82, 2.24) is 5.32 Å². The Kier molecular flexibility index (Phi) is 20.7. The van der Waals surface area contributed by atoms with Gasteiger partial charge in [-0.05, 0) is 19.3 Å². The second-order valence-electron chi connectivity index (χ2n) is 5.55. The van der Waals surface area contributed by atoms with Gasteiger partial charge in [0.05, 0.1) is 52.9 Å². The second-order valence-corrected chi connectivity index (χ2v) is 5.55. The summed E-state index contributed by atoms with van der Waals surface area (Å²) in [6.45, 7) is 8.28. The minimum absolute atomic E-state index is 0.0778. The molecule has 0 aromatic heterocycles. The van der Waals surface area contributed by atoms with Crippen LogP contribution in [-0.2, 0) is 28.5 Å². The summed E-state index contributed by atoms with van der Waals surface area (Å²) in [5.41, 5.74) is 0. The van der Waals surface area contributed by atoms with E-state index < -0.39 is 0 Å². The lowest BCUT2D eigenvalue weighted by molar-refractivity contribution is -0.120. The lowest BCUT2D eigenvalue weighted by Gasteiger charge is -2.08. The van der Waals surface area contributed by atoms with E-state index in [0.29, 0.717) is 65.9 Å². The van der Waals surface area contributed by atoms with Crippen LogP contribution in [-0.4, -0.2) is 79.0 Å². The van der Waals surface area contributed by atoms with Gasteiger partial charge < -0.3 is 29.0 Å². The van der Waals surface area contributed by atoms with Crippen molar-refractivity contribution in [1.29, 1.82) is 0 Å². The zero-order chi connectivity index (χ0) is 18.4. The molecule has 0 aliphatic heterocycles. The highest BCUT2D eigenvalue weighted by molar-refractivity contribution is 5.75. The van der Waals surface area contributed by atoms with E-state index in [9.17, 15) is 4.79 Å². The van der Waals surface area contributed by atoms with Crippen LogP contribution < -0.4 is 5.32 Å². The SMILES string of the molecule is CCCCOCCOCCOCCOCCOCCCCC(=O)NC. The molecule has 0 fully saturated rings. The fourth-order valence-corrected chi connectivity index (χ4v) is 1.84. The largest absolute Gasteiger partial charge is 0.379 e. The maximum Gasteiger partial charge on any atom is 0.219 e. The van der Waals surface area contributed by atoms with Gasteiger partial charge in [0.2, 0.25) is 5.91 Å². The van der Waals surface area contributed by atoms with Crippen LogP contribution in [0.15, 0.2) is 0 Å². The highest BCUT2D eigenvalue weighted by Gasteiger charge is 1.97. The maximum absolute atomic E-state index is 11.0. The van der Waals surface area contributed by atoms with Gasteiger partial charge >= 0.3 is 0 Å². The third kappa shape index (κ3) is 21.2. The molecule has 0 saturated heterocycles. The number of unbranched alkanes of at least 4 members (excludes halogenated alkanes) is 2. The minimum Gasteiger partial charge on any atom is -0.379 e. The average molecular weight is 363 g/mol. The molecule has 7 nitrogen and oxygen atoms in total. The van der Waals surface area contributed by atoms with E-state index in [1.54, 1.807) is 7.05 Å². The van der Waals surface area contributed by atoms with E-state index in [1.165, 1.54) is 0 Å². The summed E-state index contributed by atoms with van der Waals surface area (Å²) >= 11 is 0. The van der Waals surface area contributed by atoms with E-state index in [-0.39, 0.29) is 5.91 Å². The van der Waals surface area contributed by atoms with Gasteiger partial charge in [0, 0.05) is 26.7 Å². The highest BCUT2D eigenvalue weighted by atomic mass is 16.6. The number of rotatable bonds is 20. The molecule has 0 rings (SSSR count). The third-order valence-electron chi connectivity index (χ3n) is 3.35. The van der Waals surface area contributed by atoms with E-state index in [2.05, 4.69) is 12.2 Å². The fraction of sp³-hybridized carbons (Fsp3) is 0.944. The van der Waals surface area contributed by atoms with Crippen LogP contribution in [0.2, 0.25) is 0 Å². The molecule has 150 valence electrons. The Morgan fingerprint density at radius 1 is 0.640 bits per heavy atom. The monoisotopic (exact) mass is 363 g/mol. The van der Waals surface area contributed by atoms with Crippen molar-refractivity contribution in [2.45, 2.75) is 39.0 Å². The Hall–Kier alpha value is -0.730. The first-order valence-electron chi connectivity index (χ1n) is 9.40. The predicted octanol–water partition coefficient (Wildman–Crippen LogP) is 1.79. The number of nitrogens with one attached hydrogen (secondary N) is 1. The molecule has 0 aliphatic rings. The molecule has 0 aromatic rings. The summed E-state index contributed by atoms with van der Waals surface area (Å²) in [7, 11) is 1.65. The molecular formula is C18H37NO6. The van der Waals surface area contributed by atoms with Gasteiger partial charge in [0.25, 0.3) is 0 Å². The molecular weight excluding hydrogens is 326 g/mol. The molecule has 7 heteroatoms. The third-order valence-corrected chi connectivity index (χ3v) is 3.35. The number of carbonyl (C=O) groups excluding carboxylic acids is 1. The summed E-state index contributed by atoms with van der Waals surface area (Å²) < 4.78 is 27.0. The van der Waals surface area contributed by atoms with Gasteiger partial charge in [0.15, 0.2) is 0 Å². The van der Waals surface area contributed by atoms with Gasteiger partial charge in [-0.3, -0.25) is 4.79 Å². The Bertz CT molecular complexity index is 278. The fourth-order valence-electron chi connectivity index (χ4n) is 1.84. The van der Waals surface area contributed by atoms with Crippen molar-refractivity contribution in [3.63, 3.8) is 0 Å². The Labute approximate surface area is 152 Å². The molecule has 1 amide bonds. The van der Waals surface area contributed by atoms with Gasteiger partial charge in [-0.25, -0.2) is 0 Å². The van der Waals surface area contributed by atoms with Crippen LogP contribution in [0.25, 0.3) is 0 Å². The summed E-state index contributed by atoms with van der Waals surface area (Å²) in [5, 5.41) is 2.60. The molecule has 0 unspecified atom stereocenters. The summed E-state index contributed by atoms with van der Waals surface area (Å²) in [5.74, 6) is 0.0778. The van der Waals surface area contributed by atoms with Crippen LogP contribution >= 0.6 is 0 Å². The molecule has 1 N–H and O–H groups in total. The molecule has 0 saturated carbocycles. The van der Waals surface area contributed by atoms with Gasteiger partial charge in [-0.2, -0.15) is 0 Å². The Balaban J connectivity index is 2.99. The van der Waals surface area contributed by atoms with Gasteiger partial charge in [-0.1, -0.05) is 13.3 Å². The molecule has 0 aliphatic carbocycles. The van der Waals surface area contributed by atoms with E-state index in [0.717, 1.165) is 32.3 Å². The molecule has 0 radical (unpaired) electrons. The molecule has 0 spiro atoms. The Morgan fingerprint density at radius 3 is 1.44 bits per heavy atom. The Morgan fingerprint density at radius 2 is 1.04 bits per heavy atom. The van der Waals surface area contributed by atoms with Crippen molar-refractivity contribution in [2.24, 2.45) is 0 Å². The summed E-state index contributed by atoms with van der Waals surface area (Å²) in [6, 6.07) is 0. The number of carbonyl (C=O) groups is 1. The zero-order valence-electron chi connectivity index (χ0n) is 16.1. The average Bonchev–Trinajstić information content (AvgIpc) is 2.63. The molecule has 25 heavy (non-hydrogen) atoms. The quantitative estimate of drug-likeness (QED) is 0.332. The van der Waals surface area contributed by atoms with Crippen LogP contribution in [0.3, 0.4) is 0 Å². The number of ether oxygens (including phenoxy) is 5. The standard InChI is InChI=1S/C18H37NO6/c1-3-4-8-21-10-12-23-14-16-25-17-15-24-13-11-22-9-6-5-7-18(20)19-2/h3-17H2,1-2H3,(H,19,20). The van der Waals surface area contributed by atoms with Crippen molar-refractivity contribution in [3.05, 3.63) is 0 Å². The molecule has 0 aromatic carbocycles. The number of amides is 1. The highest BCUT2D eigenvalue weighted by Crippen LogP contribution is 1.95. The van der Waals surface area contributed by atoms with Crippen molar-refractivity contribution < 1.29 is 28.5 Å². The van der Waals surface area contributed by atoms with Crippen LogP contribution in [0.4, 0.5) is 0 Å². The number of hydrogen-bond acceptors (Lipinski definition) is 6. The van der Waals surface area contributed by atoms with Crippen LogP contribution in [0.5, 0.6) is 0 Å².